The molecular formula is C24H26N4O3. The number of esters is 1. The number of hydrazone groups is 1. The Hall–Kier alpha value is -3.87. The van der Waals surface area contributed by atoms with Crippen LogP contribution in [-0.2, 0) is 9.53 Å². The van der Waals surface area contributed by atoms with E-state index in [1.54, 1.807) is 25.3 Å². The Morgan fingerprint density at radius 1 is 1.06 bits per heavy atom. The summed E-state index contributed by atoms with van der Waals surface area (Å²) in [5, 5.41) is 7.12. The van der Waals surface area contributed by atoms with Gasteiger partial charge in [-0.2, -0.15) is 5.10 Å². The summed E-state index contributed by atoms with van der Waals surface area (Å²) in [6.07, 6.45) is 1.63. The smallest absolute Gasteiger partial charge is 0.338 e. The highest BCUT2D eigenvalue weighted by atomic mass is 16.5. The van der Waals surface area contributed by atoms with Crippen molar-refractivity contribution in [2.75, 3.05) is 18.5 Å². The molecule has 0 fully saturated rings. The fourth-order valence-corrected chi connectivity index (χ4v) is 3.23. The van der Waals surface area contributed by atoms with Gasteiger partial charge in [0.05, 0.1) is 24.9 Å². The highest BCUT2D eigenvalue weighted by Crippen LogP contribution is 2.20. The molecule has 7 nitrogen and oxygen atoms in total. The lowest BCUT2D eigenvalue weighted by Gasteiger charge is -2.10. The van der Waals surface area contributed by atoms with E-state index >= 15 is 0 Å². The lowest BCUT2D eigenvalue weighted by molar-refractivity contribution is -0.119. The SMILES string of the molecule is CCOC(=O)c1ccc(-n2c(C)cc(/C=N/NC(=O)CNc3ccccc3)c2C)cc1. The van der Waals surface area contributed by atoms with Crippen LogP contribution in [0.4, 0.5) is 5.69 Å². The van der Waals surface area contributed by atoms with Crippen LogP contribution in [0.1, 0.15) is 34.2 Å². The van der Waals surface area contributed by atoms with Crippen LogP contribution in [0.3, 0.4) is 0 Å². The fraction of sp³-hybridized carbons (Fsp3) is 0.208. The summed E-state index contributed by atoms with van der Waals surface area (Å²) in [5.74, 6) is -0.566. The van der Waals surface area contributed by atoms with Crippen LogP contribution in [0.2, 0.25) is 0 Å². The van der Waals surface area contributed by atoms with Gasteiger partial charge in [0.1, 0.15) is 0 Å². The van der Waals surface area contributed by atoms with Crippen molar-refractivity contribution < 1.29 is 14.3 Å². The Balaban J connectivity index is 1.64. The average Bonchev–Trinajstić information content (AvgIpc) is 3.06. The van der Waals surface area contributed by atoms with Crippen molar-refractivity contribution in [3.63, 3.8) is 0 Å². The van der Waals surface area contributed by atoms with E-state index in [1.807, 2.05) is 62.4 Å². The maximum absolute atomic E-state index is 12.0. The molecule has 3 aromatic rings. The third-order valence-electron chi connectivity index (χ3n) is 4.73. The number of amides is 1. The van der Waals surface area contributed by atoms with Gasteiger partial charge in [0.25, 0.3) is 5.91 Å². The van der Waals surface area contributed by atoms with E-state index in [0.29, 0.717) is 12.2 Å². The molecule has 0 atom stereocenters. The number of nitrogens with one attached hydrogen (secondary N) is 2. The van der Waals surface area contributed by atoms with Crippen LogP contribution in [-0.4, -0.2) is 35.8 Å². The third-order valence-corrected chi connectivity index (χ3v) is 4.73. The normalized spacial score (nSPS) is 10.8. The number of hydrogen-bond acceptors (Lipinski definition) is 5. The Labute approximate surface area is 181 Å². The second kappa shape index (κ2) is 10.2. The summed E-state index contributed by atoms with van der Waals surface area (Å²) in [6.45, 7) is 6.23. The average molecular weight is 418 g/mol. The van der Waals surface area contributed by atoms with Crippen molar-refractivity contribution in [1.82, 2.24) is 9.99 Å². The zero-order valence-corrected chi connectivity index (χ0v) is 17.9. The molecule has 0 aliphatic heterocycles. The second-order valence-corrected chi connectivity index (χ2v) is 6.94. The van der Waals surface area contributed by atoms with Gasteiger partial charge in [-0.1, -0.05) is 18.2 Å². The van der Waals surface area contributed by atoms with E-state index in [9.17, 15) is 9.59 Å². The lowest BCUT2D eigenvalue weighted by atomic mass is 10.2. The number of benzene rings is 2. The van der Waals surface area contributed by atoms with Crippen molar-refractivity contribution in [1.29, 1.82) is 0 Å². The number of rotatable bonds is 8. The zero-order valence-electron chi connectivity index (χ0n) is 17.9. The molecule has 2 N–H and O–H groups in total. The van der Waals surface area contributed by atoms with Gasteiger partial charge in [0.15, 0.2) is 0 Å². The quantitative estimate of drug-likeness (QED) is 0.331. The van der Waals surface area contributed by atoms with Crippen LogP contribution in [0.5, 0.6) is 0 Å². The van der Waals surface area contributed by atoms with Crippen molar-refractivity contribution in [3.05, 3.63) is 83.2 Å². The molecule has 0 aliphatic rings. The standard InChI is InChI=1S/C24H26N4O3/c1-4-31-24(30)19-10-12-22(13-11-19)28-17(2)14-20(18(28)3)15-26-27-23(29)16-25-21-8-6-5-7-9-21/h5-15,25H,4,16H2,1-3H3,(H,27,29)/b26-15+. The Morgan fingerprint density at radius 3 is 2.45 bits per heavy atom. The molecule has 0 radical (unpaired) electrons. The van der Waals surface area contributed by atoms with Crippen molar-refractivity contribution in [2.24, 2.45) is 5.10 Å². The predicted molar refractivity (Wildman–Crippen MR) is 122 cm³/mol. The molecule has 0 unspecified atom stereocenters. The first-order valence-corrected chi connectivity index (χ1v) is 10.1. The molecular weight excluding hydrogens is 392 g/mol. The highest BCUT2D eigenvalue weighted by Gasteiger charge is 2.11. The molecule has 3 rings (SSSR count). The van der Waals surface area contributed by atoms with Gasteiger partial charge in [-0.25, -0.2) is 10.2 Å². The van der Waals surface area contributed by atoms with E-state index in [-0.39, 0.29) is 18.4 Å². The molecule has 160 valence electrons. The fourth-order valence-electron chi connectivity index (χ4n) is 3.23. The third kappa shape index (κ3) is 5.60. The maximum Gasteiger partial charge on any atom is 0.338 e. The number of hydrogen-bond donors (Lipinski definition) is 2. The number of anilines is 1. The number of aryl methyl sites for hydroxylation is 1. The van der Waals surface area contributed by atoms with E-state index < -0.39 is 0 Å². The lowest BCUT2D eigenvalue weighted by Crippen LogP contribution is -2.25. The first kappa shape index (κ1) is 21.8. The van der Waals surface area contributed by atoms with Crippen molar-refractivity contribution in [3.8, 4) is 5.69 Å². The van der Waals surface area contributed by atoms with Gasteiger partial charge in [0.2, 0.25) is 0 Å². The summed E-state index contributed by atoms with van der Waals surface area (Å²) in [4.78, 5) is 23.8. The first-order chi connectivity index (χ1) is 15.0. The molecule has 31 heavy (non-hydrogen) atoms. The largest absolute Gasteiger partial charge is 0.462 e. The number of aromatic nitrogens is 1. The molecule has 0 saturated heterocycles. The van der Waals surface area contributed by atoms with Gasteiger partial charge in [0, 0.05) is 28.3 Å². The molecule has 1 aromatic heterocycles. The first-order valence-electron chi connectivity index (χ1n) is 10.1. The number of nitrogens with zero attached hydrogens (tertiary/aromatic N) is 2. The molecule has 1 amide bonds. The van der Waals surface area contributed by atoms with Gasteiger partial charge in [-0.15, -0.1) is 0 Å². The Morgan fingerprint density at radius 2 is 1.77 bits per heavy atom. The summed E-state index contributed by atoms with van der Waals surface area (Å²) in [5.41, 5.74) is 7.74. The molecule has 0 bridgehead atoms. The van der Waals surface area contributed by atoms with Crippen LogP contribution in [0, 0.1) is 13.8 Å². The molecule has 2 aromatic carbocycles. The van der Waals surface area contributed by atoms with Crippen molar-refractivity contribution >= 4 is 23.8 Å². The Bertz CT molecular complexity index is 1070. The minimum atomic E-state index is -0.333. The monoisotopic (exact) mass is 418 g/mol. The highest BCUT2D eigenvalue weighted by molar-refractivity contribution is 5.89. The van der Waals surface area contributed by atoms with Crippen LogP contribution in [0.25, 0.3) is 5.69 Å². The second-order valence-electron chi connectivity index (χ2n) is 6.94. The van der Waals surface area contributed by atoms with E-state index in [0.717, 1.165) is 28.3 Å². The minimum Gasteiger partial charge on any atom is -0.462 e. The summed E-state index contributed by atoms with van der Waals surface area (Å²) >= 11 is 0. The summed E-state index contributed by atoms with van der Waals surface area (Å²) < 4.78 is 7.09. The van der Waals surface area contributed by atoms with Gasteiger partial charge in [-0.05, 0) is 63.2 Å². The minimum absolute atomic E-state index is 0.132. The number of carbonyl (C=O) groups excluding carboxylic acids is 2. The number of ether oxygens (including phenoxy) is 1. The topological polar surface area (TPSA) is 84.7 Å². The molecule has 0 saturated carbocycles. The van der Waals surface area contributed by atoms with Crippen LogP contribution < -0.4 is 10.7 Å². The van der Waals surface area contributed by atoms with Crippen molar-refractivity contribution in [2.45, 2.75) is 20.8 Å². The molecule has 0 aliphatic carbocycles. The van der Waals surface area contributed by atoms with Crippen LogP contribution in [0.15, 0.2) is 65.8 Å². The van der Waals surface area contributed by atoms with Crippen LogP contribution >= 0.6 is 0 Å². The zero-order chi connectivity index (χ0) is 22.2. The molecule has 7 heteroatoms. The van der Waals surface area contributed by atoms with Gasteiger partial charge < -0.3 is 14.6 Å². The van der Waals surface area contributed by atoms with E-state index in [2.05, 4.69) is 20.4 Å². The van der Waals surface area contributed by atoms with E-state index in [1.165, 1.54) is 0 Å². The maximum atomic E-state index is 12.0. The summed E-state index contributed by atoms with van der Waals surface area (Å²) in [7, 11) is 0. The Kier molecular flexibility index (Phi) is 7.22. The number of carbonyl (C=O) groups is 2. The van der Waals surface area contributed by atoms with Gasteiger partial charge in [-0.3, -0.25) is 4.79 Å². The molecule has 1 heterocycles. The summed E-state index contributed by atoms with van der Waals surface area (Å²) in [6, 6.07) is 18.8. The number of para-hydroxylation sites is 1. The van der Waals surface area contributed by atoms with E-state index in [4.69, 9.17) is 4.74 Å². The predicted octanol–water partition coefficient (Wildman–Crippen LogP) is 3.83. The van der Waals surface area contributed by atoms with Gasteiger partial charge >= 0.3 is 5.97 Å². The molecule has 0 spiro atoms.